The molecule has 0 radical (unpaired) electrons. The molecule has 1 fully saturated rings. The Morgan fingerprint density at radius 3 is 2.36 bits per heavy atom. The van der Waals surface area contributed by atoms with Crippen molar-refractivity contribution in [1.82, 2.24) is 10.0 Å². The Kier molecular flexibility index (Phi) is 5.48. The minimum atomic E-state index is -4.24. The molecule has 1 aliphatic rings. The van der Waals surface area contributed by atoms with E-state index in [1.807, 2.05) is 0 Å². The first-order valence-corrected chi connectivity index (χ1v) is 9.35. The Hall–Kier alpha value is -2.00. The van der Waals surface area contributed by atoms with E-state index < -0.39 is 50.0 Å². The molecule has 25 heavy (non-hydrogen) atoms. The fourth-order valence-electron chi connectivity index (χ4n) is 2.37. The number of amides is 1. The summed E-state index contributed by atoms with van der Waals surface area (Å²) in [4.78, 5) is 23.0. The summed E-state index contributed by atoms with van der Waals surface area (Å²) in [5.74, 6) is -2.95. The maximum absolute atomic E-state index is 13.8. The van der Waals surface area contributed by atoms with Crippen LogP contribution in [0.1, 0.15) is 26.7 Å². The molecule has 3 N–H and O–H groups in total. The number of sulfonamides is 1. The van der Waals surface area contributed by atoms with Crippen molar-refractivity contribution >= 4 is 21.9 Å². The fraction of sp³-hybridized carbons (Fsp3) is 0.500. The van der Waals surface area contributed by atoms with Gasteiger partial charge in [-0.15, -0.1) is 0 Å². The third kappa shape index (κ3) is 4.35. The molecule has 0 spiro atoms. The Morgan fingerprint density at radius 2 is 1.88 bits per heavy atom. The lowest BCUT2D eigenvalue weighted by Gasteiger charge is -2.22. The smallest absolute Gasteiger partial charge is 0.311 e. The van der Waals surface area contributed by atoms with E-state index in [0.717, 1.165) is 12.1 Å². The second-order valence-electron chi connectivity index (χ2n) is 6.58. The Balaban J connectivity index is 2.11. The van der Waals surface area contributed by atoms with E-state index in [1.54, 1.807) is 13.8 Å². The van der Waals surface area contributed by atoms with Crippen molar-refractivity contribution in [3.8, 4) is 0 Å². The average molecular weight is 372 g/mol. The highest BCUT2D eigenvalue weighted by Crippen LogP contribution is 2.45. The molecule has 1 atom stereocenters. The van der Waals surface area contributed by atoms with Gasteiger partial charge in [-0.2, -0.15) is 4.72 Å². The van der Waals surface area contributed by atoms with Crippen LogP contribution in [0.3, 0.4) is 0 Å². The topological polar surface area (TPSA) is 113 Å². The van der Waals surface area contributed by atoms with Crippen LogP contribution in [0, 0.1) is 17.2 Å². The largest absolute Gasteiger partial charge is 0.481 e. The number of benzene rings is 1. The second kappa shape index (κ2) is 7.09. The lowest BCUT2D eigenvalue weighted by Crippen LogP contribution is -2.51. The van der Waals surface area contributed by atoms with Crippen LogP contribution >= 0.6 is 0 Å². The fourth-order valence-corrected chi connectivity index (χ4v) is 3.79. The van der Waals surface area contributed by atoms with Gasteiger partial charge >= 0.3 is 5.97 Å². The van der Waals surface area contributed by atoms with Gasteiger partial charge in [-0.3, -0.25) is 9.59 Å². The van der Waals surface area contributed by atoms with E-state index in [9.17, 15) is 22.4 Å². The molecular formula is C16H21FN2O5S. The zero-order valence-corrected chi connectivity index (χ0v) is 14.8. The number of aliphatic carboxylic acids is 1. The highest BCUT2D eigenvalue weighted by molar-refractivity contribution is 7.89. The molecule has 2 rings (SSSR count). The van der Waals surface area contributed by atoms with Crippen LogP contribution in [0.2, 0.25) is 0 Å². The summed E-state index contributed by atoms with van der Waals surface area (Å²) in [5.41, 5.74) is -0.957. The Morgan fingerprint density at radius 1 is 1.28 bits per heavy atom. The van der Waals surface area contributed by atoms with Gasteiger partial charge in [0.15, 0.2) is 0 Å². The maximum Gasteiger partial charge on any atom is 0.311 e. The van der Waals surface area contributed by atoms with Crippen molar-refractivity contribution in [2.75, 3.05) is 6.54 Å². The zero-order chi connectivity index (χ0) is 18.8. The third-order valence-corrected chi connectivity index (χ3v) is 5.74. The molecule has 1 aromatic rings. The van der Waals surface area contributed by atoms with Crippen molar-refractivity contribution in [3.63, 3.8) is 0 Å². The first kappa shape index (κ1) is 19.3. The summed E-state index contributed by atoms with van der Waals surface area (Å²) in [7, 11) is -4.24. The summed E-state index contributed by atoms with van der Waals surface area (Å²) in [6.07, 6.45) is 0.936. The predicted octanol–water partition coefficient (Wildman–Crippen LogP) is 1.11. The predicted molar refractivity (Wildman–Crippen MR) is 87.7 cm³/mol. The van der Waals surface area contributed by atoms with Gasteiger partial charge in [0.1, 0.15) is 16.8 Å². The lowest BCUT2D eigenvalue weighted by atomic mass is 10.0. The number of hydrogen-bond donors (Lipinski definition) is 3. The highest BCUT2D eigenvalue weighted by atomic mass is 32.2. The van der Waals surface area contributed by atoms with E-state index in [2.05, 4.69) is 10.0 Å². The van der Waals surface area contributed by atoms with Gasteiger partial charge in [0.2, 0.25) is 15.9 Å². The first-order valence-electron chi connectivity index (χ1n) is 7.87. The van der Waals surface area contributed by atoms with Gasteiger partial charge in [0.25, 0.3) is 0 Å². The van der Waals surface area contributed by atoms with E-state index in [4.69, 9.17) is 5.11 Å². The normalized spacial score (nSPS) is 17.1. The average Bonchev–Trinajstić information content (AvgIpc) is 3.31. The monoisotopic (exact) mass is 372 g/mol. The van der Waals surface area contributed by atoms with E-state index >= 15 is 0 Å². The zero-order valence-electron chi connectivity index (χ0n) is 14.0. The number of carbonyl (C=O) groups is 2. The molecule has 9 heteroatoms. The summed E-state index contributed by atoms with van der Waals surface area (Å²) < 4.78 is 40.7. The second-order valence-corrected chi connectivity index (χ2v) is 8.26. The lowest BCUT2D eigenvalue weighted by molar-refractivity contribution is -0.143. The molecule has 7 nitrogen and oxygen atoms in total. The van der Waals surface area contributed by atoms with Crippen molar-refractivity contribution < 1.29 is 27.5 Å². The highest BCUT2D eigenvalue weighted by Gasteiger charge is 2.50. The van der Waals surface area contributed by atoms with Gasteiger partial charge in [-0.1, -0.05) is 26.0 Å². The number of hydrogen-bond acceptors (Lipinski definition) is 4. The summed E-state index contributed by atoms with van der Waals surface area (Å²) >= 11 is 0. The van der Waals surface area contributed by atoms with Crippen LogP contribution in [0.5, 0.6) is 0 Å². The van der Waals surface area contributed by atoms with Crippen molar-refractivity contribution in [2.45, 2.75) is 37.6 Å². The first-order chi connectivity index (χ1) is 11.6. The molecule has 1 aromatic carbocycles. The molecule has 1 amide bonds. The third-order valence-electron chi connectivity index (χ3n) is 4.27. The van der Waals surface area contributed by atoms with Crippen LogP contribution in [0.4, 0.5) is 4.39 Å². The molecule has 0 bridgehead atoms. The Labute approximate surface area is 145 Å². The van der Waals surface area contributed by atoms with Gasteiger partial charge in [-0.25, -0.2) is 12.8 Å². The minimum absolute atomic E-state index is 0.0637. The standard InChI is InChI=1S/C16H21FN2O5S/c1-10(2)13(14(20)18-9-16(7-8-16)15(21)22)19-25(23,24)12-6-4-3-5-11(12)17/h3-6,10,13,19H,7-9H2,1-2H3,(H,18,20)(H,21,22). The molecule has 1 aliphatic carbocycles. The summed E-state index contributed by atoms with van der Waals surface area (Å²) in [6, 6.07) is 3.72. The van der Waals surface area contributed by atoms with E-state index in [-0.39, 0.29) is 6.54 Å². The molecule has 0 heterocycles. The molecular weight excluding hydrogens is 351 g/mol. The number of carboxylic acids is 1. The SMILES string of the molecule is CC(C)C(NS(=O)(=O)c1ccccc1F)C(=O)NCC1(C(=O)O)CC1. The van der Waals surface area contributed by atoms with Crippen LogP contribution in [0.15, 0.2) is 29.2 Å². The molecule has 0 saturated heterocycles. The molecule has 138 valence electrons. The van der Waals surface area contributed by atoms with Crippen LogP contribution in [-0.4, -0.2) is 38.0 Å². The minimum Gasteiger partial charge on any atom is -0.481 e. The van der Waals surface area contributed by atoms with E-state index in [1.165, 1.54) is 12.1 Å². The number of rotatable bonds is 8. The van der Waals surface area contributed by atoms with Gasteiger partial charge in [0.05, 0.1) is 5.41 Å². The number of carbonyl (C=O) groups excluding carboxylic acids is 1. The summed E-state index contributed by atoms with van der Waals surface area (Å²) in [6.45, 7) is 3.21. The summed E-state index contributed by atoms with van der Waals surface area (Å²) in [5, 5.41) is 11.6. The number of carboxylic acid groups (broad SMARTS) is 1. The van der Waals surface area contributed by atoms with Gasteiger partial charge in [0, 0.05) is 6.54 Å². The van der Waals surface area contributed by atoms with Crippen molar-refractivity contribution in [1.29, 1.82) is 0 Å². The van der Waals surface area contributed by atoms with Gasteiger partial charge in [-0.05, 0) is 30.9 Å². The molecule has 0 aromatic heterocycles. The van der Waals surface area contributed by atoms with E-state index in [0.29, 0.717) is 12.8 Å². The Bertz CT molecular complexity index is 774. The van der Waals surface area contributed by atoms with Crippen molar-refractivity contribution in [2.24, 2.45) is 11.3 Å². The van der Waals surface area contributed by atoms with Crippen LogP contribution in [0.25, 0.3) is 0 Å². The maximum atomic E-state index is 13.8. The molecule has 1 unspecified atom stereocenters. The van der Waals surface area contributed by atoms with Gasteiger partial charge < -0.3 is 10.4 Å². The van der Waals surface area contributed by atoms with Crippen molar-refractivity contribution in [3.05, 3.63) is 30.1 Å². The quantitative estimate of drug-likeness (QED) is 0.633. The molecule has 1 saturated carbocycles. The number of nitrogens with one attached hydrogen (secondary N) is 2. The van der Waals surface area contributed by atoms with Crippen LogP contribution < -0.4 is 10.0 Å². The van der Waals surface area contributed by atoms with Crippen LogP contribution in [-0.2, 0) is 19.6 Å². The molecule has 0 aliphatic heterocycles. The number of halogens is 1.